The monoisotopic (exact) mass is 376 g/mol. The Labute approximate surface area is 154 Å². The van der Waals surface area contributed by atoms with Crippen LogP contribution in [-0.4, -0.2) is 44.3 Å². The molecule has 0 bridgehead atoms. The lowest BCUT2D eigenvalue weighted by Gasteiger charge is -2.24. The van der Waals surface area contributed by atoms with Gasteiger partial charge in [-0.2, -0.15) is 0 Å². The van der Waals surface area contributed by atoms with Gasteiger partial charge in [-0.15, -0.1) is 0 Å². The second kappa shape index (κ2) is 8.05. The average Bonchev–Trinajstić information content (AvgIpc) is 3.24. The smallest absolute Gasteiger partial charge is 0.251 e. The predicted molar refractivity (Wildman–Crippen MR) is 99.4 cm³/mol. The molecule has 0 saturated carbocycles. The van der Waals surface area contributed by atoms with Crippen LogP contribution in [0.1, 0.15) is 28.1 Å². The van der Waals surface area contributed by atoms with Crippen LogP contribution in [0.4, 0.5) is 0 Å². The first-order chi connectivity index (χ1) is 12.4. The molecule has 26 heavy (non-hydrogen) atoms. The molecule has 6 nitrogen and oxygen atoms in total. The van der Waals surface area contributed by atoms with Gasteiger partial charge in [-0.1, -0.05) is 12.1 Å². The van der Waals surface area contributed by atoms with Gasteiger partial charge in [0.05, 0.1) is 24.3 Å². The van der Waals surface area contributed by atoms with E-state index in [1.165, 1.54) is 0 Å². The fourth-order valence-electron chi connectivity index (χ4n) is 3.35. The van der Waals surface area contributed by atoms with Gasteiger partial charge in [0.2, 0.25) is 0 Å². The van der Waals surface area contributed by atoms with Gasteiger partial charge in [0.25, 0.3) is 5.91 Å². The van der Waals surface area contributed by atoms with Gasteiger partial charge in [-0.25, -0.2) is 8.42 Å². The van der Waals surface area contributed by atoms with Crippen molar-refractivity contribution >= 4 is 15.7 Å². The molecule has 7 heteroatoms. The average molecular weight is 376 g/mol. The molecular weight excluding hydrogens is 352 g/mol. The molecule has 1 saturated heterocycles. The van der Waals surface area contributed by atoms with E-state index in [1.54, 1.807) is 25.4 Å². The fourth-order valence-corrected chi connectivity index (χ4v) is 5.20. The maximum absolute atomic E-state index is 11.8. The van der Waals surface area contributed by atoms with Crippen LogP contribution in [0.25, 0.3) is 0 Å². The Morgan fingerprint density at radius 3 is 2.58 bits per heavy atom. The van der Waals surface area contributed by atoms with Crippen LogP contribution in [-0.2, 0) is 22.9 Å². The summed E-state index contributed by atoms with van der Waals surface area (Å²) in [7, 11) is -1.28. The third kappa shape index (κ3) is 4.95. The lowest BCUT2D eigenvalue weighted by atomic mass is 10.1. The molecule has 1 fully saturated rings. The lowest BCUT2D eigenvalue weighted by Crippen LogP contribution is -2.29. The number of nitrogens with one attached hydrogen (secondary N) is 1. The van der Waals surface area contributed by atoms with Crippen molar-refractivity contribution in [1.29, 1.82) is 0 Å². The zero-order valence-corrected chi connectivity index (χ0v) is 15.7. The summed E-state index contributed by atoms with van der Waals surface area (Å²) in [4.78, 5) is 13.9. The molecule has 140 valence electrons. The summed E-state index contributed by atoms with van der Waals surface area (Å²) in [6.45, 7) is 2.00. The predicted octanol–water partition coefficient (Wildman–Crippen LogP) is 2.08. The van der Waals surface area contributed by atoms with Gasteiger partial charge in [0, 0.05) is 25.7 Å². The summed E-state index contributed by atoms with van der Waals surface area (Å²) in [5, 5.41) is 2.61. The third-order valence-electron chi connectivity index (χ3n) is 4.65. The highest BCUT2D eigenvalue weighted by atomic mass is 32.2. The van der Waals surface area contributed by atoms with Crippen LogP contribution >= 0.6 is 0 Å². The van der Waals surface area contributed by atoms with E-state index < -0.39 is 9.84 Å². The molecule has 0 radical (unpaired) electrons. The van der Waals surface area contributed by atoms with Gasteiger partial charge in [0.15, 0.2) is 9.84 Å². The first-order valence-corrected chi connectivity index (χ1v) is 10.5. The zero-order valence-electron chi connectivity index (χ0n) is 14.8. The number of rotatable bonds is 7. The molecule has 2 aromatic rings. The number of nitrogens with zero attached hydrogens (tertiary/aromatic N) is 1. The van der Waals surface area contributed by atoms with Gasteiger partial charge < -0.3 is 9.73 Å². The van der Waals surface area contributed by atoms with E-state index in [0.29, 0.717) is 31.6 Å². The maximum atomic E-state index is 11.8. The number of benzene rings is 1. The Balaban J connectivity index is 1.69. The fraction of sp³-hybridized carbons (Fsp3) is 0.421. The van der Waals surface area contributed by atoms with E-state index >= 15 is 0 Å². The molecule has 1 aliphatic rings. The van der Waals surface area contributed by atoms with Crippen molar-refractivity contribution in [1.82, 2.24) is 10.2 Å². The van der Waals surface area contributed by atoms with Crippen molar-refractivity contribution in [2.45, 2.75) is 19.5 Å². The van der Waals surface area contributed by atoms with E-state index in [0.717, 1.165) is 11.3 Å². The highest BCUT2D eigenvalue weighted by Gasteiger charge is 2.29. The van der Waals surface area contributed by atoms with Crippen LogP contribution < -0.4 is 5.32 Å². The molecule has 1 amide bonds. The molecule has 0 unspecified atom stereocenters. The molecule has 1 atom stereocenters. The van der Waals surface area contributed by atoms with Crippen LogP contribution in [0, 0.1) is 5.92 Å². The first-order valence-electron chi connectivity index (χ1n) is 8.71. The number of furan rings is 1. The standard InChI is InChI=1S/C19H24N2O4S/c1-20-19(22)17-6-4-15(5-7-17)11-21(13-18-3-2-9-25-18)12-16-8-10-26(23,24)14-16/h2-7,9,16H,8,10-14H2,1H3,(H,20,22)/t16-/m1/s1. The van der Waals surface area contributed by atoms with E-state index in [2.05, 4.69) is 10.2 Å². The number of hydrogen-bond donors (Lipinski definition) is 1. The highest BCUT2D eigenvalue weighted by molar-refractivity contribution is 7.91. The van der Waals surface area contributed by atoms with Crippen molar-refractivity contribution in [2.75, 3.05) is 25.1 Å². The summed E-state index contributed by atoms with van der Waals surface area (Å²) in [5.74, 6) is 1.44. The molecule has 1 aromatic carbocycles. The molecule has 0 aliphatic carbocycles. The van der Waals surface area contributed by atoms with Crippen LogP contribution in [0.15, 0.2) is 47.1 Å². The molecule has 1 aromatic heterocycles. The lowest BCUT2D eigenvalue weighted by molar-refractivity contribution is 0.0963. The third-order valence-corrected chi connectivity index (χ3v) is 6.49. The molecule has 2 heterocycles. The van der Waals surface area contributed by atoms with E-state index in [4.69, 9.17) is 4.42 Å². The van der Waals surface area contributed by atoms with E-state index in [-0.39, 0.29) is 23.3 Å². The van der Waals surface area contributed by atoms with Gasteiger partial charge in [0.1, 0.15) is 5.76 Å². The number of carbonyl (C=O) groups excluding carboxylic acids is 1. The van der Waals surface area contributed by atoms with Crippen LogP contribution in [0.5, 0.6) is 0 Å². The Kier molecular flexibility index (Phi) is 5.78. The van der Waals surface area contributed by atoms with Crippen molar-refractivity contribution in [3.63, 3.8) is 0 Å². The highest BCUT2D eigenvalue weighted by Crippen LogP contribution is 2.22. The quantitative estimate of drug-likeness (QED) is 0.800. The summed E-state index contributed by atoms with van der Waals surface area (Å²) in [6, 6.07) is 11.3. The summed E-state index contributed by atoms with van der Waals surface area (Å²) >= 11 is 0. The topological polar surface area (TPSA) is 79.6 Å². The van der Waals surface area contributed by atoms with E-state index in [1.807, 2.05) is 24.3 Å². The number of carbonyl (C=O) groups is 1. The first kappa shape index (κ1) is 18.7. The maximum Gasteiger partial charge on any atom is 0.251 e. The molecule has 1 N–H and O–H groups in total. The summed E-state index contributed by atoms with van der Waals surface area (Å²) in [5.41, 5.74) is 1.70. The summed E-state index contributed by atoms with van der Waals surface area (Å²) in [6.07, 6.45) is 2.36. The van der Waals surface area contributed by atoms with Crippen molar-refractivity contribution in [3.8, 4) is 0 Å². The number of sulfone groups is 1. The number of amides is 1. The number of hydrogen-bond acceptors (Lipinski definition) is 5. The van der Waals surface area contributed by atoms with E-state index in [9.17, 15) is 13.2 Å². The Hall–Kier alpha value is -2.12. The minimum Gasteiger partial charge on any atom is -0.468 e. The van der Waals surface area contributed by atoms with Crippen molar-refractivity contribution in [2.24, 2.45) is 5.92 Å². The molecule has 3 rings (SSSR count). The minimum atomic E-state index is -2.89. The van der Waals surface area contributed by atoms with Crippen molar-refractivity contribution < 1.29 is 17.6 Å². The zero-order chi connectivity index (χ0) is 18.6. The second-order valence-electron chi connectivity index (χ2n) is 6.79. The Morgan fingerprint density at radius 2 is 2.00 bits per heavy atom. The van der Waals surface area contributed by atoms with Gasteiger partial charge in [-0.05, 0) is 42.2 Å². The van der Waals surface area contributed by atoms with Gasteiger partial charge >= 0.3 is 0 Å². The second-order valence-corrected chi connectivity index (χ2v) is 9.02. The van der Waals surface area contributed by atoms with Crippen LogP contribution in [0.2, 0.25) is 0 Å². The summed E-state index contributed by atoms with van der Waals surface area (Å²) < 4.78 is 29.0. The van der Waals surface area contributed by atoms with Crippen molar-refractivity contribution in [3.05, 3.63) is 59.5 Å². The SMILES string of the molecule is CNC(=O)c1ccc(CN(Cc2ccco2)C[C@H]2CCS(=O)(=O)C2)cc1. The normalized spacial score (nSPS) is 18.9. The largest absolute Gasteiger partial charge is 0.468 e. The molecule has 0 spiro atoms. The molecule has 1 aliphatic heterocycles. The molecular formula is C19H24N2O4S. The Bertz CT molecular complexity index is 829. The van der Waals surface area contributed by atoms with Gasteiger partial charge in [-0.3, -0.25) is 9.69 Å². The Morgan fingerprint density at radius 1 is 1.23 bits per heavy atom. The van der Waals surface area contributed by atoms with Crippen LogP contribution in [0.3, 0.4) is 0 Å². The minimum absolute atomic E-state index is 0.111.